The van der Waals surface area contributed by atoms with E-state index in [2.05, 4.69) is 20.8 Å². The van der Waals surface area contributed by atoms with E-state index in [1.165, 1.54) is 0 Å². The highest BCUT2D eigenvalue weighted by molar-refractivity contribution is 5.18. The third-order valence-corrected chi connectivity index (χ3v) is 2.92. The fourth-order valence-corrected chi connectivity index (χ4v) is 1.85. The van der Waals surface area contributed by atoms with Gasteiger partial charge in [-0.05, 0) is 17.9 Å². The van der Waals surface area contributed by atoms with E-state index in [4.69, 9.17) is 4.74 Å². The van der Waals surface area contributed by atoms with Gasteiger partial charge in [0.15, 0.2) is 0 Å². The second-order valence-electron chi connectivity index (χ2n) is 4.79. The topological polar surface area (TPSA) is 29.5 Å². The molecule has 0 aliphatic carbocycles. The molecule has 1 aromatic carbocycles. The van der Waals surface area contributed by atoms with E-state index in [-0.39, 0.29) is 6.10 Å². The summed E-state index contributed by atoms with van der Waals surface area (Å²) in [6, 6.07) is 9.75. The van der Waals surface area contributed by atoms with Crippen LogP contribution in [0.4, 0.5) is 0 Å². The van der Waals surface area contributed by atoms with E-state index in [0.717, 1.165) is 25.0 Å². The zero-order valence-electron chi connectivity index (χ0n) is 11.1. The van der Waals surface area contributed by atoms with Crippen molar-refractivity contribution in [2.75, 3.05) is 6.61 Å². The van der Waals surface area contributed by atoms with E-state index in [0.29, 0.717) is 5.92 Å². The molecule has 1 N–H and O–H groups in total. The van der Waals surface area contributed by atoms with Crippen LogP contribution >= 0.6 is 0 Å². The zero-order valence-corrected chi connectivity index (χ0v) is 11.1. The first-order chi connectivity index (χ1) is 8.16. The summed E-state index contributed by atoms with van der Waals surface area (Å²) in [5.41, 5.74) is 0.933. The minimum atomic E-state index is -0.534. The summed E-state index contributed by atoms with van der Waals surface area (Å²) < 4.78 is 5.81. The van der Waals surface area contributed by atoms with Crippen molar-refractivity contribution in [2.45, 2.75) is 45.8 Å². The fourth-order valence-electron chi connectivity index (χ4n) is 1.85. The van der Waals surface area contributed by atoms with Crippen LogP contribution in [-0.4, -0.2) is 17.8 Å². The molecule has 96 valence electrons. The molecule has 1 aromatic rings. The number of hydrogen-bond acceptors (Lipinski definition) is 2. The molecular weight excluding hydrogens is 212 g/mol. The average Bonchev–Trinajstić information content (AvgIpc) is 2.34. The summed E-state index contributed by atoms with van der Waals surface area (Å²) in [4.78, 5) is 0. The van der Waals surface area contributed by atoms with Crippen LogP contribution in [0, 0.1) is 5.92 Å². The van der Waals surface area contributed by atoms with Gasteiger partial charge in [0.2, 0.25) is 0 Å². The van der Waals surface area contributed by atoms with Crippen molar-refractivity contribution in [2.24, 2.45) is 5.92 Å². The molecule has 0 bridgehead atoms. The lowest BCUT2D eigenvalue weighted by atomic mass is 9.96. The molecule has 0 saturated heterocycles. The lowest BCUT2D eigenvalue weighted by Crippen LogP contribution is -2.28. The maximum atomic E-state index is 10.3. The Morgan fingerprint density at radius 3 is 2.35 bits per heavy atom. The molecular formula is C15H24O2. The van der Waals surface area contributed by atoms with Gasteiger partial charge in [0.05, 0.1) is 6.10 Å². The van der Waals surface area contributed by atoms with Crippen molar-refractivity contribution in [3.63, 3.8) is 0 Å². The average molecular weight is 236 g/mol. The van der Waals surface area contributed by atoms with Crippen molar-refractivity contribution in [1.29, 1.82) is 0 Å². The molecule has 0 spiro atoms. The SMILES string of the molecule is CCCCOC(C(C)C)C(O)c1ccccc1. The second-order valence-corrected chi connectivity index (χ2v) is 4.79. The number of rotatable bonds is 7. The van der Waals surface area contributed by atoms with E-state index in [9.17, 15) is 5.11 Å². The normalized spacial score (nSPS) is 14.9. The Labute approximate surface area is 105 Å². The summed E-state index contributed by atoms with van der Waals surface area (Å²) in [5.74, 6) is 0.307. The summed E-state index contributed by atoms with van der Waals surface area (Å²) in [6.07, 6.45) is 1.51. The van der Waals surface area contributed by atoms with Gasteiger partial charge in [0.1, 0.15) is 6.10 Å². The fraction of sp³-hybridized carbons (Fsp3) is 0.600. The Morgan fingerprint density at radius 1 is 1.18 bits per heavy atom. The second kappa shape index (κ2) is 7.46. The number of hydrogen-bond donors (Lipinski definition) is 1. The van der Waals surface area contributed by atoms with Gasteiger partial charge in [-0.2, -0.15) is 0 Å². The predicted molar refractivity (Wildman–Crippen MR) is 70.9 cm³/mol. The Bertz CT molecular complexity index is 295. The van der Waals surface area contributed by atoms with E-state index < -0.39 is 6.10 Å². The number of ether oxygens (including phenoxy) is 1. The van der Waals surface area contributed by atoms with Crippen LogP contribution in [-0.2, 0) is 4.74 Å². The van der Waals surface area contributed by atoms with Crippen molar-refractivity contribution >= 4 is 0 Å². The quantitative estimate of drug-likeness (QED) is 0.733. The van der Waals surface area contributed by atoms with Gasteiger partial charge in [-0.3, -0.25) is 0 Å². The molecule has 2 unspecified atom stereocenters. The van der Waals surface area contributed by atoms with Crippen LogP contribution in [0.15, 0.2) is 30.3 Å². The maximum Gasteiger partial charge on any atom is 0.105 e. The minimum absolute atomic E-state index is 0.121. The Hall–Kier alpha value is -0.860. The molecule has 0 aliphatic rings. The van der Waals surface area contributed by atoms with Crippen LogP contribution in [0.2, 0.25) is 0 Å². The third kappa shape index (κ3) is 4.49. The smallest absolute Gasteiger partial charge is 0.105 e. The van der Waals surface area contributed by atoms with Crippen molar-refractivity contribution in [3.05, 3.63) is 35.9 Å². The lowest BCUT2D eigenvalue weighted by molar-refractivity contribution is -0.0637. The third-order valence-electron chi connectivity index (χ3n) is 2.92. The Kier molecular flexibility index (Phi) is 6.23. The first-order valence-corrected chi connectivity index (χ1v) is 6.51. The molecule has 2 nitrogen and oxygen atoms in total. The van der Waals surface area contributed by atoms with Gasteiger partial charge in [-0.1, -0.05) is 57.5 Å². The highest BCUT2D eigenvalue weighted by Crippen LogP contribution is 2.24. The molecule has 2 heteroatoms. The molecule has 1 rings (SSSR count). The first-order valence-electron chi connectivity index (χ1n) is 6.51. The molecule has 17 heavy (non-hydrogen) atoms. The van der Waals surface area contributed by atoms with Crippen LogP contribution < -0.4 is 0 Å². The van der Waals surface area contributed by atoms with Gasteiger partial charge in [0, 0.05) is 6.61 Å². The molecule has 0 amide bonds. The standard InChI is InChI=1S/C15H24O2/c1-4-5-11-17-15(12(2)3)14(16)13-9-7-6-8-10-13/h6-10,12,14-16H,4-5,11H2,1-3H3. The highest BCUT2D eigenvalue weighted by Gasteiger charge is 2.24. The monoisotopic (exact) mass is 236 g/mol. The molecule has 0 aliphatic heterocycles. The number of aliphatic hydroxyl groups excluding tert-OH is 1. The number of unbranched alkanes of at least 4 members (excludes halogenated alkanes) is 1. The lowest BCUT2D eigenvalue weighted by Gasteiger charge is -2.27. The van der Waals surface area contributed by atoms with Crippen LogP contribution in [0.5, 0.6) is 0 Å². The summed E-state index contributed by atoms with van der Waals surface area (Å²) >= 11 is 0. The molecule has 0 heterocycles. The van der Waals surface area contributed by atoms with Crippen LogP contribution in [0.25, 0.3) is 0 Å². The molecule has 2 atom stereocenters. The summed E-state index contributed by atoms with van der Waals surface area (Å²) in [7, 11) is 0. The van der Waals surface area contributed by atoms with Gasteiger partial charge in [-0.25, -0.2) is 0 Å². The van der Waals surface area contributed by atoms with E-state index in [1.807, 2.05) is 30.3 Å². The van der Waals surface area contributed by atoms with Gasteiger partial charge < -0.3 is 9.84 Å². The highest BCUT2D eigenvalue weighted by atomic mass is 16.5. The van der Waals surface area contributed by atoms with Crippen molar-refractivity contribution in [3.8, 4) is 0 Å². The zero-order chi connectivity index (χ0) is 12.7. The number of benzene rings is 1. The molecule has 0 saturated carbocycles. The maximum absolute atomic E-state index is 10.3. The Balaban J connectivity index is 2.63. The van der Waals surface area contributed by atoms with E-state index >= 15 is 0 Å². The molecule has 0 radical (unpaired) electrons. The molecule has 0 fully saturated rings. The first kappa shape index (κ1) is 14.2. The van der Waals surface area contributed by atoms with Crippen molar-refractivity contribution in [1.82, 2.24) is 0 Å². The summed E-state index contributed by atoms with van der Waals surface area (Å²) in [6.45, 7) is 7.04. The summed E-state index contributed by atoms with van der Waals surface area (Å²) in [5, 5.41) is 10.3. The largest absolute Gasteiger partial charge is 0.386 e. The number of aliphatic hydroxyl groups is 1. The van der Waals surface area contributed by atoms with Crippen LogP contribution in [0.1, 0.15) is 45.3 Å². The van der Waals surface area contributed by atoms with Gasteiger partial charge >= 0.3 is 0 Å². The van der Waals surface area contributed by atoms with Gasteiger partial charge in [0.25, 0.3) is 0 Å². The minimum Gasteiger partial charge on any atom is -0.386 e. The molecule has 0 aromatic heterocycles. The van der Waals surface area contributed by atoms with Crippen LogP contribution in [0.3, 0.4) is 0 Å². The predicted octanol–water partition coefficient (Wildman–Crippen LogP) is 3.56. The van der Waals surface area contributed by atoms with Gasteiger partial charge in [-0.15, -0.1) is 0 Å². The van der Waals surface area contributed by atoms with Crippen molar-refractivity contribution < 1.29 is 9.84 Å². The Morgan fingerprint density at radius 2 is 1.82 bits per heavy atom. The van der Waals surface area contributed by atoms with E-state index in [1.54, 1.807) is 0 Å².